The van der Waals surface area contributed by atoms with Crippen LogP contribution in [0.3, 0.4) is 0 Å². The maximum Gasteiger partial charge on any atom is 0.129 e. The van der Waals surface area contributed by atoms with E-state index in [2.05, 4.69) is 6.07 Å². The predicted molar refractivity (Wildman–Crippen MR) is 76.5 cm³/mol. The first-order chi connectivity index (χ1) is 9.65. The van der Waals surface area contributed by atoms with Gasteiger partial charge in [0.2, 0.25) is 0 Å². The van der Waals surface area contributed by atoms with Gasteiger partial charge in [0.15, 0.2) is 0 Å². The normalized spacial score (nSPS) is 11.7. The second-order valence-corrected chi connectivity index (χ2v) is 4.78. The number of nitriles is 1. The molecular formula is C16H13ClFNO. The number of methoxy groups -OCH3 is 1. The molecule has 2 aromatic carbocycles. The zero-order chi connectivity index (χ0) is 14.5. The molecule has 0 amide bonds. The highest BCUT2D eigenvalue weighted by atomic mass is 35.5. The van der Waals surface area contributed by atoms with Crippen LogP contribution in [0.25, 0.3) is 0 Å². The van der Waals surface area contributed by atoms with E-state index in [1.165, 1.54) is 12.1 Å². The van der Waals surface area contributed by atoms with Crippen molar-refractivity contribution < 1.29 is 9.13 Å². The average molecular weight is 290 g/mol. The molecule has 2 aromatic rings. The molecule has 4 heteroatoms. The van der Waals surface area contributed by atoms with Gasteiger partial charge in [-0.1, -0.05) is 29.8 Å². The van der Waals surface area contributed by atoms with Crippen LogP contribution in [0.1, 0.15) is 17.0 Å². The fraction of sp³-hybridized carbons (Fsp3) is 0.188. The van der Waals surface area contributed by atoms with Crippen molar-refractivity contribution in [1.29, 1.82) is 5.26 Å². The van der Waals surface area contributed by atoms with E-state index in [-0.39, 0.29) is 10.6 Å². The number of benzene rings is 2. The van der Waals surface area contributed by atoms with Gasteiger partial charge in [0, 0.05) is 10.6 Å². The van der Waals surface area contributed by atoms with Crippen molar-refractivity contribution in [3.8, 4) is 11.8 Å². The maximum atomic E-state index is 13.9. The molecule has 102 valence electrons. The number of halogens is 2. The van der Waals surface area contributed by atoms with E-state index in [1.807, 2.05) is 24.3 Å². The average Bonchev–Trinajstić information content (AvgIpc) is 2.46. The molecule has 0 bridgehead atoms. The molecule has 0 spiro atoms. The summed E-state index contributed by atoms with van der Waals surface area (Å²) in [6.45, 7) is 0. The smallest absolute Gasteiger partial charge is 0.129 e. The molecule has 0 heterocycles. The third kappa shape index (κ3) is 3.09. The zero-order valence-corrected chi connectivity index (χ0v) is 11.7. The fourth-order valence-electron chi connectivity index (χ4n) is 2.05. The molecule has 0 fully saturated rings. The topological polar surface area (TPSA) is 33.0 Å². The fourth-order valence-corrected chi connectivity index (χ4v) is 2.35. The number of hydrogen-bond acceptors (Lipinski definition) is 2. The molecule has 0 N–H and O–H groups in total. The molecule has 0 aliphatic carbocycles. The molecule has 1 atom stereocenters. The van der Waals surface area contributed by atoms with Crippen molar-refractivity contribution >= 4 is 11.6 Å². The highest BCUT2D eigenvalue weighted by Gasteiger charge is 2.19. The van der Waals surface area contributed by atoms with Gasteiger partial charge in [-0.25, -0.2) is 4.39 Å². The third-order valence-electron chi connectivity index (χ3n) is 3.10. The van der Waals surface area contributed by atoms with Crippen LogP contribution in [0.4, 0.5) is 4.39 Å². The van der Waals surface area contributed by atoms with Crippen molar-refractivity contribution in [2.45, 2.75) is 12.3 Å². The lowest BCUT2D eigenvalue weighted by Crippen LogP contribution is -2.04. The van der Waals surface area contributed by atoms with Gasteiger partial charge < -0.3 is 4.74 Å². The van der Waals surface area contributed by atoms with E-state index < -0.39 is 11.7 Å². The van der Waals surface area contributed by atoms with Gasteiger partial charge >= 0.3 is 0 Å². The summed E-state index contributed by atoms with van der Waals surface area (Å²) in [6, 6.07) is 13.9. The molecule has 0 aliphatic heterocycles. The quantitative estimate of drug-likeness (QED) is 0.839. The molecule has 0 saturated heterocycles. The Morgan fingerprint density at radius 1 is 1.25 bits per heavy atom. The van der Waals surface area contributed by atoms with Crippen molar-refractivity contribution in [3.05, 3.63) is 64.4 Å². The molecule has 0 aliphatic rings. The van der Waals surface area contributed by atoms with E-state index in [9.17, 15) is 9.65 Å². The molecular weight excluding hydrogens is 277 g/mol. The lowest BCUT2D eigenvalue weighted by Gasteiger charge is -2.12. The van der Waals surface area contributed by atoms with Crippen molar-refractivity contribution in [2.24, 2.45) is 0 Å². The second kappa shape index (κ2) is 6.40. The van der Waals surface area contributed by atoms with Crippen molar-refractivity contribution in [1.82, 2.24) is 0 Å². The van der Waals surface area contributed by atoms with Crippen LogP contribution in [-0.2, 0) is 6.42 Å². The molecule has 1 unspecified atom stereocenters. The van der Waals surface area contributed by atoms with Gasteiger partial charge in [-0.15, -0.1) is 0 Å². The largest absolute Gasteiger partial charge is 0.497 e. The Kier molecular flexibility index (Phi) is 4.60. The van der Waals surface area contributed by atoms with E-state index in [4.69, 9.17) is 16.3 Å². The van der Waals surface area contributed by atoms with Crippen LogP contribution >= 0.6 is 11.6 Å². The summed E-state index contributed by atoms with van der Waals surface area (Å²) >= 11 is 6.01. The van der Waals surface area contributed by atoms with Gasteiger partial charge in [0.25, 0.3) is 0 Å². The number of nitrogens with zero attached hydrogens (tertiary/aromatic N) is 1. The summed E-state index contributed by atoms with van der Waals surface area (Å²) in [4.78, 5) is 0. The minimum absolute atomic E-state index is 0.257. The molecule has 2 rings (SSSR count). The number of hydrogen-bond donors (Lipinski definition) is 0. The third-order valence-corrected chi connectivity index (χ3v) is 3.43. The van der Waals surface area contributed by atoms with Gasteiger partial charge in [-0.05, 0) is 36.2 Å². The highest BCUT2D eigenvalue weighted by molar-refractivity contribution is 6.31. The van der Waals surface area contributed by atoms with Crippen LogP contribution in [0.5, 0.6) is 5.75 Å². The summed E-state index contributed by atoms with van der Waals surface area (Å²) in [5.74, 6) is -0.319. The van der Waals surface area contributed by atoms with Crippen LogP contribution < -0.4 is 4.74 Å². The zero-order valence-electron chi connectivity index (χ0n) is 10.9. The first-order valence-electron chi connectivity index (χ1n) is 6.12. The standard InChI is InChI=1S/C16H13ClFNO/c1-20-13-7-5-11(6-8-13)9-12(10-19)16-14(17)3-2-4-15(16)18/h2-8,12H,9H2,1H3. The SMILES string of the molecule is COc1ccc(CC(C#N)c2c(F)cccc2Cl)cc1. The van der Waals surface area contributed by atoms with Crippen LogP contribution in [0, 0.1) is 17.1 Å². The summed E-state index contributed by atoms with van der Waals surface area (Å²) in [7, 11) is 1.59. The van der Waals surface area contributed by atoms with Crippen LogP contribution in [0.15, 0.2) is 42.5 Å². The Balaban J connectivity index is 2.27. The molecule has 20 heavy (non-hydrogen) atoms. The first-order valence-corrected chi connectivity index (χ1v) is 6.50. The van der Waals surface area contributed by atoms with Crippen LogP contribution in [0.2, 0.25) is 5.02 Å². The van der Waals surface area contributed by atoms with Gasteiger partial charge in [0.1, 0.15) is 11.6 Å². The minimum Gasteiger partial charge on any atom is -0.497 e. The lowest BCUT2D eigenvalue weighted by molar-refractivity contribution is 0.414. The van der Waals surface area contributed by atoms with Gasteiger partial charge in [0.05, 0.1) is 19.1 Å². The van der Waals surface area contributed by atoms with E-state index in [0.717, 1.165) is 11.3 Å². The Morgan fingerprint density at radius 3 is 2.50 bits per heavy atom. The molecule has 0 aromatic heterocycles. The van der Waals surface area contributed by atoms with Crippen molar-refractivity contribution in [2.75, 3.05) is 7.11 Å². The summed E-state index contributed by atoms with van der Waals surface area (Å²) in [6.07, 6.45) is 0.404. The minimum atomic E-state index is -0.614. The van der Waals surface area contributed by atoms with E-state index in [0.29, 0.717) is 6.42 Å². The van der Waals surface area contributed by atoms with Crippen molar-refractivity contribution in [3.63, 3.8) is 0 Å². The maximum absolute atomic E-state index is 13.9. The Hall–Kier alpha value is -2.05. The van der Waals surface area contributed by atoms with Crippen LogP contribution in [-0.4, -0.2) is 7.11 Å². The Labute approximate surface area is 122 Å². The Bertz CT molecular complexity index is 614. The van der Waals surface area contributed by atoms with E-state index >= 15 is 0 Å². The summed E-state index contributed by atoms with van der Waals surface area (Å²) in [5, 5.41) is 9.57. The second-order valence-electron chi connectivity index (χ2n) is 4.37. The predicted octanol–water partition coefficient (Wildman–Crippen LogP) is 4.34. The monoisotopic (exact) mass is 289 g/mol. The van der Waals surface area contributed by atoms with Gasteiger partial charge in [-0.2, -0.15) is 5.26 Å². The Morgan fingerprint density at radius 2 is 1.95 bits per heavy atom. The molecule has 2 nitrogen and oxygen atoms in total. The number of ether oxygens (including phenoxy) is 1. The first kappa shape index (κ1) is 14.4. The summed E-state index contributed by atoms with van der Waals surface area (Å²) in [5.41, 5.74) is 1.18. The summed E-state index contributed by atoms with van der Waals surface area (Å²) < 4.78 is 18.9. The molecule has 0 radical (unpaired) electrons. The van der Waals surface area contributed by atoms with Gasteiger partial charge in [-0.3, -0.25) is 0 Å². The van der Waals surface area contributed by atoms with E-state index in [1.54, 1.807) is 13.2 Å². The lowest BCUT2D eigenvalue weighted by atomic mass is 9.93. The highest BCUT2D eigenvalue weighted by Crippen LogP contribution is 2.30. The molecule has 0 saturated carbocycles. The number of rotatable bonds is 4.